The topological polar surface area (TPSA) is 72.2 Å². The summed E-state index contributed by atoms with van der Waals surface area (Å²) in [4.78, 5) is 0.124. The molecular weight excluding hydrogens is 328 g/mol. The minimum atomic E-state index is -3.64. The average molecular weight is 347 g/mol. The lowest BCUT2D eigenvalue weighted by Crippen LogP contribution is -2.24. The van der Waals surface area contributed by atoms with Crippen LogP contribution in [0.3, 0.4) is 0 Å². The highest BCUT2D eigenvalue weighted by atomic mass is 79.9. The van der Waals surface area contributed by atoms with Gasteiger partial charge in [-0.25, -0.2) is 13.6 Å². The predicted octanol–water partition coefficient (Wildman–Crippen LogP) is 3.09. The van der Waals surface area contributed by atoms with Crippen LogP contribution in [0.25, 0.3) is 0 Å². The standard InChI is InChI=1S/C13H19BrN2O2S/c1-9(10-4-2-3-5-10)16-13-7-6-11(8-12(13)14)19(15,17)18/h6-10,16H,2-5H2,1H3,(H2,15,17,18). The Bertz CT molecular complexity index is 554. The van der Waals surface area contributed by atoms with Crippen LogP contribution < -0.4 is 10.5 Å². The Morgan fingerprint density at radius 2 is 2.00 bits per heavy atom. The van der Waals surface area contributed by atoms with Crippen molar-refractivity contribution in [2.75, 3.05) is 5.32 Å². The van der Waals surface area contributed by atoms with Crippen molar-refractivity contribution in [1.29, 1.82) is 0 Å². The van der Waals surface area contributed by atoms with Gasteiger partial charge in [0.05, 0.1) is 4.90 Å². The molecule has 0 bridgehead atoms. The van der Waals surface area contributed by atoms with Crippen LogP contribution >= 0.6 is 15.9 Å². The molecule has 0 aliphatic heterocycles. The number of anilines is 1. The van der Waals surface area contributed by atoms with E-state index in [1.165, 1.54) is 31.7 Å². The predicted molar refractivity (Wildman–Crippen MR) is 80.6 cm³/mol. The Hall–Kier alpha value is -0.590. The first-order valence-corrected chi connectivity index (χ1v) is 8.81. The van der Waals surface area contributed by atoms with Crippen LogP contribution in [0.15, 0.2) is 27.6 Å². The maximum absolute atomic E-state index is 11.3. The molecule has 1 aliphatic rings. The summed E-state index contributed by atoms with van der Waals surface area (Å²) in [6.07, 6.45) is 5.15. The smallest absolute Gasteiger partial charge is 0.238 e. The molecule has 1 aromatic rings. The molecule has 1 aromatic carbocycles. The molecule has 1 fully saturated rings. The summed E-state index contributed by atoms with van der Waals surface area (Å²) < 4.78 is 23.3. The van der Waals surface area contributed by atoms with E-state index in [0.29, 0.717) is 12.0 Å². The molecule has 6 heteroatoms. The number of nitrogens with two attached hydrogens (primary N) is 1. The molecule has 1 unspecified atom stereocenters. The molecule has 0 spiro atoms. The zero-order chi connectivity index (χ0) is 14.0. The third-order valence-electron chi connectivity index (χ3n) is 3.76. The molecular formula is C13H19BrN2O2S. The van der Waals surface area contributed by atoms with Crippen molar-refractivity contribution in [3.8, 4) is 0 Å². The zero-order valence-corrected chi connectivity index (χ0v) is 13.3. The van der Waals surface area contributed by atoms with Gasteiger partial charge in [0.1, 0.15) is 0 Å². The lowest BCUT2D eigenvalue weighted by Gasteiger charge is -2.22. The first-order chi connectivity index (χ1) is 8.88. The van der Waals surface area contributed by atoms with Gasteiger partial charge in [-0.1, -0.05) is 12.8 Å². The largest absolute Gasteiger partial charge is 0.381 e. The van der Waals surface area contributed by atoms with Crippen molar-refractivity contribution in [3.63, 3.8) is 0 Å². The van der Waals surface area contributed by atoms with Crippen molar-refractivity contribution < 1.29 is 8.42 Å². The van der Waals surface area contributed by atoms with E-state index in [-0.39, 0.29) is 4.90 Å². The summed E-state index contributed by atoms with van der Waals surface area (Å²) in [7, 11) is -3.64. The maximum atomic E-state index is 11.3. The van der Waals surface area contributed by atoms with E-state index in [9.17, 15) is 8.42 Å². The third kappa shape index (κ3) is 3.70. The molecule has 1 saturated carbocycles. The van der Waals surface area contributed by atoms with E-state index in [0.717, 1.165) is 10.2 Å². The number of hydrogen-bond acceptors (Lipinski definition) is 3. The number of hydrogen-bond donors (Lipinski definition) is 2. The van der Waals surface area contributed by atoms with E-state index in [1.807, 2.05) is 0 Å². The van der Waals surface area contributed by atoms with Gasteiger partial charge in [0, 0.05) is 16.2 Å². The van der Waals surface area contributed by atoms with Crippen LogP contribution in [0, 0.1) is 5.92 Å². The van der Waals surface area contributed by atoms with Crippen LogP contribution in [0.5, 0.6) is 0 Å². The highest BCUT2D eigenvalue weighted by Gasteiger charge is 2.22. The molecule has 2 rings (SSSR count). The quantitative estimate of drug-likeness (QED) is 0.879. The maximum Gasteiger partial charge on any atom is 0.238 e. The van der Waals surface area contributed by atoms with Crippen LogP contribution in [0.4, 0.5) is 5.69 Å². The van der Waals surface area contributed by atoms with Gasteiger partial charge in [0.25, 0.3) is 0 Å². The van der Waals surface area contributed by atoms with Crippen LogP contribution in [-0.4, -0.2) is 14.5 Å². The van der Waals surface area contributed by atoms with E-state index in [2.05, 4.69) is 28.2 Å². The second kappa shape index (κ2) is 5.81. The van der Waals surface area contributed by atoms with E-state index >= 15 is 0 Å². The molecule has 106 valence electrons. The van der Waals surface area contributed by atoms with Crippen molar-refractivity contribution >= 4 is 31.6 Å². The number of sulfonamides is 1. The molecule has 1 aliphatic carbocycles. The Kier molecular flexibility index (Phi) is 4.53. The number of nitrogens with one attached hydrogen (secondary N) is 1. The Morgan fingerprint density at radius 3 is 2.53 bits per heavy atom. The molecule has 0 amide bonds. The Morgan fingerprint density at radius 1 is 1.37 bits per heavy atom. The molecule has 0 heterocycles. The fourth-order valence-electron chi connectivity index (χ4n) is 2.61. The number of benzene rings is 1. The number of primary sulfonamides is 1. The molecule has 19 heavy (non-hydrogen) atoms. The van der Waals surface area contributed by atoms with Gasteiger partial charge in [-0.3, -0.25) is 0 Å². The van der Waals surface area contributed by atoms with Crippen molar-refractivity contribution in [2.45, 2.75) is 43.5 Å². The van der Waals surface area contributed by atoms with Gasteiger partial charge in [0.2, 0.25) is 10.0 Å². The second-order valence-electron chi connectivity index (χ2n) is 5.16. The minimum Gasteiger partial charge on any atom is -0.381 e. The van der Waals surface area contributed by atoms with E-state index < -0.39 is 10.0 Å². The summed E-state index contributed by atoms with van der Waals surface area (Å²) in [5.41, 5.74) is 0.909. The van der Waals surface area contributed by atoms with Crippen molar-refractivity contribution in [3.05, 3.63) is 22.7 Å². The molecule has 0 saturated heterocycles. The molecule has 4 nitrogen and oxygen atoms in total. The van der Waals surface area contributed by atoms with Gasteiger partial charge in [0.15, 0.2) is 0 Å². The Balaban J connectivity index is 2.13. The SMILES string of the molecule is CC(Nc1ccc(S(N)(=O)=O)cc1Br)C1CCCC1. The van der Waals surface area contributed by atoms with E-state index in [4.69, 9.17) is 5.14 Å². The monoisotopic (exact) mass is 346 g/mol. The summed E-state index contributed by atoms with van der Waals surface area (Å²) in [6.45, 7) is 2.18. The van der Waals surface area contributed by atoms with Gasteiger partial charge >= 0.3 is 0 Å². The lowest BCUT2D eigenvalue weighted by molar-refractivity contribution is 0.482. The summed E-state index contributed by atoms with van der Waals surface area (Å²) in [5.74, 6) is 0.699. The van der Waals surface area contributed by atoms with Gasteiger partial charge in [-0.15, -0.1) is 0 Å². The zero-order valence-electron chi connectivity index (χ0n) is 10.9. The van der Waals surface area contributed by atoms with Crippen LogP contribution in [0.2, 0.25) is 0 Å². The number of halogens is 1. The van der Waals surface area contributed by atoms with E-state index in [1.54, 1.807) is 12.1 Å². The highest BCUT2D eigenvalue weighted by Crippen LogP contribution is 2.31. The first-order valence-electron chi connectivity index (χ1n) is 6.47. The van der Waals surface area contributed by atoms with Crippen molar-refractivity contribution in [1.82, 2.24) is 0 Å². The summed E-state index contributed by atoms with van der Waals surface area (Å²) in [5, 5.41) is 8.56. The van der Waals surface area contributed by atoms with Crippen LogP contribution in [0.1, 0.15) is 32.6 Å². The van der Waals surface area contributed by atoms with Gasteiger partial charge < -0.3 is 5.32 Å². The third-order valence-corrected chi connectivity index (χ3v) is 5.33. The Labute approximate surface area is 122 Å². The normalized spacial score (nSPS) is 18.5. The molecule has 0 radical (unpaired) electrons. The lowest BCUT2D eigenvalue weighted by atomic mass is 9.99. The van der Waals surface area contributed by atoms with Gasteiger partial charge in [-0.05, 0) is 59.8 Å². The van der Waals surface area contributed by atoms with Crippen molar-refractivity contribution in [2.24, 2.45) is 11.1 Å². The number of rotatable bonds is 4. The van der Waals surface area contributed by atoms with Gasteiger partial charge in [-0.2, -0.15) is 0 Å². The summed E-state index contributed by atoms with van der Waals surface area (Å²) in [6, 6.07) is 5.22. The molecule has 1 atom stereocenters. The first kappa shape index (κ1) is 14.8. The highest BCUT2D eigenvalue weighted by molar-refractivity contribution is 9.10. The fourth-order valence-corrected chi connectivity index (χ4v) is 3.80. The second-order valence-corrected chi connectivity index (χ2v) is 7.58. The minimum absolute atomic E-state index is 0.124. The fraction of sp³-hybridized carbons (Fsp3) is 0.538. The molecule has 0 aromatic heterocycles. The molecule has 3 N–H and O–H groups in total. The van der Waals surface area contributed by atoms with Crippen LogP contribution in [-0.2, 0) is 10.0 Å². The summed E-state index contributed by atoms with van der Waals surface area (Å²) >= 11 is 3.39. The average Bonchev–Trinajstić information content (AvgIpc) is 2.84.